The summed E-state index contributed by atoms with van der Waals surface area (Å²) in [7, 11) is 1.76. The van der Waals surface area contributed by atoms with Crippen LogP contribution in [-0.4, -0.2) is 48.2 Å². The van der Waals surface area contributed by atoms with Gasteiger partial charge in [-0.15, -0.1) is 0 Å². The molecule has 2 atom stereocenters. The molecule has 1 fully saturated rings. The van der Waals surface area contributed by atoms with Gasteiger partial charge in [0.25, 0.3) is 0 Å². The Morgan fingerprint density at radius 2 is 1.67 bits per heavy atom. The number of aldehydes is 1. The van der Waals surface area contributed by atoms with Crippen molar-refractivity contribution in [3.05, 3.63) is 47.1 Å². The number of carbonyl (C=O) groups excluding carboxylic acids is 2. The summed E-state index contributed by atoms with van der Waals surface area (Å²) >= 11 is 0. The molecule has 1 aliphatic rings. The van der Waals surface area contributed by atoms with Gasteiger partial charge in [-0.05, 0) is 90.6 Å². The largest absolute Gasteiger partial charge is 0.444 e. The molecule has 0 heterocycles. The van der Waals surface area contributed by atoms with Crippen molar-refractivity contribution < 1.29 is 14.3 Å². The first-order valence-electron chi connectivity index (χ1n) is 14.8. The molecule has 0 aliphatic heterocycles. The highest BCUT2D eigenvalue weighted by atomic mass is 16.6. The number of allylic oxidation sites excluding steroid dienone is 5. The van der Waals surface area contributed by atoms with E-state index in [1.54, 1.807) is 7.05 Å². The van der Waals surface area contributed by atoms with Crippen LogP contribution in [0.1, 0.15) is 107 Å². The van der Waals surface area contributed by atoms with Gasteiger partial charge < -0.3 is 9.64 Å². The van der Waals surface area contributed by atoms with Crippen LogP contribution in [0.25, 0.3) is 0 Å². The molecule has 1 amide bonds. The fourth-order valence-electron chi connectivity index (χ4n) is 5.43. The van der Waals surface area contributed by atoms with E-state index in [2.05, 4.69) is 45.0 Å². The zero-order valence-corrected chi connectivity index (χ0v) is 26.7. The zero-order valence-electron chi connectivity index (χ0n) is 26.7. The van der Waals surface area contributed by atoms with Gasteiger partial charge in [0.2, 0.25) is 0 Å². The van der Waals surface area contributed by atoms with Gasteiger partial charge in [-0.25, -0.2) is 4.79 Å². The lowest BCUT2D eigenvalue weighted by Gasteiger charge is -2.33. The van der Waals surface area contributed by atoms with E-state index in [0.29, 0.717) is 42.7 Å². The van der Waals surface area contributed by atoms with Gasteiger partial charge in [-0.1, -0.05) is 70.4 Å². The monoisotopic (exact) mass is 540 g/mol. The summed E-state index contributed by atoms with van der Waals surface area (Å²) < 4.78 is 5.71. The predicted molar refractivity (Wildman–Crippen MR) is 166 cm³/mol. The van der Waals surface area contributed by atoms with Crippen LogP contribution in [0.2, 0.25) is 0 Å². The number of rotatable bonds is 13. The van der Waals surface area contributed by atoms with Crippen molar-refractivity contribution in [1.82, 2.24) is 4.90 Å². The third-order valence-corrected chi connectivity index (χ3v) is 7.50. The van der Waals surface area contributed by atoms with Crippen molar-refractivity contribution in [1.29, 1.82) is 0 Å². The zero-order chi connectivity index (χ0) is 29.9. The van der Waals surface area contributed by atoms with Crippen molar-refractivity contribution in [2.24, 2.45) is 22.7 Å². The second kappa shape index (κ2) is 16.0. The van der Waals surface area contributed by atoms with E-state index in [1.165, 1.54) is 32.1 Å². The smallest absolute Gasteiger partial charge is 0.410 e. The highest BCUT2D eigenvalue weighted by molar-refractivity contribution is 6.09. The molecule has 0 N–H and O–H groups in total. The molecule has 220 valence electrons. The molecule has 0 aromatic carbocycles. The highest BCUT2D eigenvalue weighted by Crippen LogP contribution is 2.34. The van der Waals surface area contributed by atoms with E-state index in [4.69, 9.17) is 4.74 Å². The third kappa shape index (κ3) is 11.7. The Morgan fingerprint density at radius 3 is 2.13 bits per heavy atom. The molecule has 5 heteroatoms. The standard InChI is InChI=1S/C34H56N2O3/c1-23(2)21-36(33(38)39-34(9,10)11)27(7)18-25(5)19-31(24(3)4)32(28(8)35-12)30(22-37)20-26(6)29-16-14-13-15-17-29/h20,22-23,26-27,29H,3,5,13-19,21H2,1-2,4,6-12H3/b30-20-,32-31+,35-28?/t26?,27-/m1/s1. The van der Waals surface area contributed by atoms with Crippen LogP contribution in [0.5, 0.6) is 0 Å². The Morgan fingerprint density at radius 1 is 1.08 bits per heavy atom. The lowest BCUT2D eigenvalue weighted by molar-refractivity contribution is -0.104. The molecule has 0 spiro atoms. The first-order valence-corrected chi connectivity index (χ1v) is 14.8. The summed E-state index contributed by atoms with van der Waals surface area (Å²) in [5.41, 5.74) is 4.66. The molecule has 0 saturated heterocycles. The summed E-state index contributed by atoms with van der Waals surface area (Å²) in [6, 6.07) is -0.0853. The fraction of sp³-hybridized carbons (Fsp3) is 0.676. The molecule has 0 radical (unpaired) electrons. The van der Waals surface area contributed by atoms with Crippen LogP contribution in [0.15, 0.2) is 52.1 Å². The Balaban J connectivity index is 3.34. The summed E-state index contributed by atoms with van der Waals surface area (Å²) in [5, 5.41) is 0. The van der Waals surface area contributed by atoms with Gasteiger partial charge in [0.05, 0.1) is 0 Å². The lowest BCUT2D eigenvalue weighted by Crippen LogP contribution is -2.44. The summed E-state index contributed by atoms with van der Waals surface area (Å²) in [4.78, 5) is 31.8. The van der Waals surface area contributed by atoms with Gasteiger partial charge in [0.15, 0.2) is 0 Å². The van der Waals surface area contributed by atoms with E-state index < -0.39 is 5.60 Å². The normalized spacial score (nSPS) is 17.8. The Hall–Kier alpha value is -2.43. The van der Waals surface area contributed by atoms with Crippen LogP contribution in [0.4, 0.5) is 4.79 Å². The molecular formula is C34H56N2O3. The number of nitrogens with zero attached hydrogens (tertiary/aromatic N) is 2. The van der Waals surface area contributed by atoms with E-state index in [9.17, 15) is 9.59 Å². The minimum Gasteiger partial charge on any atom is -0.444 e. The van der Waals surface area contributed by atoms with E-state index >= 15 is 0 Å². The van der Waals surface area contributed by atoms with E-state index in [-0.39, 0.29) is 12.1 Å². The molecule has 5 nitrogen and oxygen atoms in total. The molecule has 0 aromatic rings. The van der Waals surface area contributed by atoms with Gasteiger partial charge >= 0.3 is 6.09 Å². The Bertz CT molecular complexity index is 955. The molecule has 1 unspecified atom stereocenters. The van der Waals surface area contributed by atoms with E-state index in [0.717, 1.165) is 34.3 Å². The van der Waals surface area contributed by atoms with Gasteiger partial charge in [0, 0.05) is 36.5 Å². The first-order chi connectivity index (χ1) is 18.1. The highest BCUT2D eigenvalue weighted by Gasteiger charge is 2.28. The second-order valence-corrected chi connectivity index (χ2v) is 12.9. The van der Waals surface area contributed by atoms with E-state index in [1.807, 2.05) is 46.4 Å². The molecule has 0 aromatic heterocycles. The molecule has 39 heavy (non-hydrogen) atoms. The number of ether oxygens (including phenoxy) is 1. The number of hydrogen-bond donors (Lipinski definition) is 0. The Kier molecular flexibility index (Phi) is 14.2. The number of hydrogen-bond acceptors (Lipinski definition) is 4. The van der Waals surface area contributed by atoms with Crippen LogP contribution in [-0.2, 0) is 9.53 Å². The van der Waals surface area contributed by atoms with Crippen LogP contribution in [0, 0.1) is 17.8 Å². The van der Waals surface area contributed by atoms with Crippen molar-refractivity contribution >= 4 is 18.1 Å². The maximum absolute atomic E-state index is 13.0. The van der Waals surface area contributed by atoms with Crippen molar-refractivity contribution in [2.75, 3.05) is 13.6 Å². The SMILES string of the molecule is C=C(C/C(C(=C)C)=C(C(C)=NC)\C(C=O)=C/C(C)C1CCCCC1)C[C@@H](C)N(CC(C)C)C(=O)OC(C)(C)C. The maximum atomic E-state index is 13.0. The topological polar surface area (TPSA) is 59.0 Å². The Labute approximate surface area is 239 Å². The molecule has 0 bridgehead atoms. The average molecular weight is 541 g/mol. The molecular weight excluding hydrogens is 484 g/mol. The minimum atomic E-state index is -0.558. The summed E-state index contributed by atoms with van der Waals surface area (Å²) in [6.07, 6.45) is 10.3. The maximum Gasteiger partial charge on any atom is 0.410 e. The van der Waals surface area contributed by atoms with Crippen molar-refractivity contribution in [3.8, 4) is 0 Å². The number of aliphatic imine (C=N–C) groups is 1. The number of amides is 1. The lowest BCUT2D eigenvalue weighted by atomic mass is 9.79. The first kappa shape index (κ1) is 34.6. The third-order valence-electron chi connectivity index (χ3n) is 7.50. The quantitative estimate of drug-likeness (QED) is 0.0770. The molecule has 1 rings (SSSR count). The summed E-state index contributed by atoms with van der Waals surface area (Å²) in [5.74, 6) is 1.23. The fourth-order valence-corrected chi connectivity index (χ4v) is 5.43. The van der Waals surface area contributed by atoms with Gasteiger partial charge in [-0.2, -0.15) is 0 Å². The van der Waals surface area contributed by atoms with Crippen LogP contribution >= 0.6 is 0 Å². The van der Waals surface area contributed by atoms with Crippen molar-refractivity contribution in [2.45, 2.75) is 119 Å². The molecule has 1 saturated carbocycles. The molecule has 1 aliphatic carbocycles. The second-order valence-electron chi connectivity index (χ2n) is 12.9. The summed E-state index contributed by atoms with van der Waals surface area (Å²) in [6.45, 7) is 27.4. The van der Waals surface area contributed by atoms with Gasteiger partial charge in [-0.3, -0.25) is 9.79 Å². The van der Waals surface area contributed by atoms with Crippen LogP contribution < -0.4 is 0 Å². The van der Waals surface area contributed by atoms with Crippen LogP contribution in [0.3, 0.4) is 0 Å². The minimum absolute atomic E-state index is 0.0853. The number of carbonyl (C=O) groups is 2. The van der Waals surface area contributed by atoms with Gasteiger partial charge in [0.1, 0.15) is 11.9 Å². The average Bonchev–Trinajstić information content (AvgIpc) is 2.84. The predicted octanol–water partition coefficient (Wildman–Crippen LogP) is 8.91. The van der Waals surface area contributed by atoms with Crippen molar-refractivity contribution in [3.63, 3.8) is 0 Å².